The highest BCUT2D eigenvalue weighted by Gasteiger charge is 2.22. The minimum atomic E-state index is -1.00. The van der Waals surface area contributed by atoms with Gasteiger partial charge >= 0.3 is 0 Å². The molecule has 5 heteroatoms. The Morgan fingerprint density at radius 3 is 2.00 bits per heavy atom. The minimum Gasteiger partial charge on any atom is -0.368 e. The highest BCUT2D eigenvalue weighted by molar-refractivity contribution is 8.01. The molecule has 0 radical (unpaired) electrons. The average Bonchev–Trinajstić information content (AvgIpc) is 2.15. The van der Waals surface area contributed by atoms with Crippen LogP contribution in [0.3, 0.4) is 0 Å². The SMILES string of the molecule is NC(=O)C(Sc1ccccc1)C(N)=O. The van der Waals surface area contributed by atoms with E-state index in [0.717, 1.165) is 16.7 Å². The van der Waals surface area contributed by atoms with Gasteiger partial charge in [0.2, 0.25) is 11.8 Å². The van der Waals surface area contributed by atoms with Crippen molar-refractivity contribution in [3.05, 3.63) is 30.3 Å². The van der Waals surface area contributed by atoms with Gasteiger partial charge in [0.15, 0.2) is 5.25 Å². The van der Waals surface area contributed by atoms with Gasteiger partial charge < -0.3 is 11.5 Å². The maximum absolute atomic E-state index is 10.8. The molecule has 2 amide bonds. The fourth-order valence-electron chi connectivity index (χ4n) is 0.892. The molecule has 0 saturated heterocycles. The molecule has 4 N–H and O–H groups in total. The van der Waals surface area contributed by atoms with E-state index in [2.05, 4.69) is 0 Å². The summed E-state index contributed by atoms with van der Waals surface area (Å²) >= 11 is 1.06. The Morgan fingerprint density at radius 1 is 1.07 bits per heavy atom. The number of nitrogens with two attached hydrogens (primary N) is 2. The summed E-state index contributed by atoms with van der Waals surface area (Å²) in [5, 5.41) is -1.00. The van der Waals surface area contributed by atoms with Crippen molar-refractivity contribution in [3.63, 3.8) is 0 Å². The summed E-state index contributed by atoms with van der Waals surface area (Å²) in [4.78, 5) is 22.5. The standard InChI is InChI=1S/C9H10N2O2S/c10-8(12)7(9(11)13)14-6-4-2-1-3-5-6/h1-5,7H,(H2,10,12)(H2,11,13). The third kappa shape index (κ3) is 2.77. The molecule has 0 aromatic heterocycles. The monoisotopic (exact) mass is 210 g/mol. The van der Waals surface area contributed by atoms with Gasteiger partial charge in [0.25, 0.3) is 0 Å². The molecule has 1 aromatic carbocycles. The lowest BCUT2D eigenvalue weighted by molar-refractivity contribution is -0.125. The molecule has 0 atom stereocenters. The van der Waals surface area contributed by atoms with Crippen molar-refractivity contribution < 1.29 is 9.59 Å². The number of primary amides is 2. The number of amides is 2. The summed E-state index contributed by atoms with van der Waals surface area (Å²) in [6, 6.07) is 9.02. The Hall–Kier alpha value is -1.49. The zero-order valence-electron chi connectivity index (χ0n) is 7.34. The molecule has 0 heterocycles. The molecule has 0 fully saturated rings. The topological polar surface area (TPSA) is 86.2 Å². The van der Waals surface area contributed by atoms with Crippen LogP contribution in [0.2, 0.25) is 0 Å². The molecule has 14 heavy (non-hydrogen) atoms. The van der Waals surface area contributed by atoms with Crippen molar-refractivity contribution in [2.45, 2.75) is 10.1 Å². The van der Waals surface area contributed by atoms with E-state index in [4.69, 9.17) is 11.5 Å². The number of thioether (sulfide) groups is 1. The van der Waals surface area contributed by atoms with Gasteiger partial charge in [-0.15, -0.1) is 11.8 Å². The number of carbonyl (C=O) groups is 2. The van der Waals surface area contributed by atoms with Gasteiger partial charge in [-0.05, 0) is 12.1 Å². The Kier molecular flexibility index (Phi) is 3.53. The zero-order valence-corrected chi connectivity index (χ0v) is 8.16. The van der Waals surface area contributed by atoms with Gasteiger partial charge in [0, 0.05) is 4.90 Å². The quantitative estimate of drug-likeness (QED) is 0.546. The molecule has 0 saturated carbocycles. The number of benzene rings is 1. The first kappa shape index (κ1) is 10.6. The lowest BCUT2D eigenvalue weighted by Crippen LogP contribution is -2.37. The van der Waals surface area contributed by atoms with Gasteiger partial charge in [0.1, 0.15) is 0 Å². The Morgan fingerprint density at radius 2 is 1.57 bits per heavy atom. The van der Waals surface area contributed by atoms with Crippen molar-refractivity contribution in [2.24, 2.45) is 11.5 Å². The second kappa shape index (κ2) is 4.66. The van der Waals surface area contributed by atoms with Crippen LogP contribution in [-0.2, 0) is 9.59 Å². The van der Waals surface area contributed by atoms with E-state index >= 15 is 0 Å². The molecule has 1 rings (SSSR count). The second-order valence-electron chi connectivity index (χ2n) is 2.62. The molecule has 0 aliphatic heterocycles. The molecular formula is C9H10N2O2S. The van der Waals surface area contributed by atoms with E-state index in [0.29, 0.717) is 0 Å². The van der Waals surface area contributed by atoms with Crippen LogP contribution in [0.25, 0.3) is 0 Å². The van der Waals surface area contributed by atoms with Gasteiger partial charge in [0.05, 0.1) is 0 Å². The third-order valence-corrected chi connectivity index (χ3v) is 2.76. The molecule has 0 unspecified atom stereocenters. The first-order valence-electron chi connectivity index (χ1n) is 3.91. The first-order chi connectivity index (χ1) is 6.61. The van der Waals surface area contributed by atoms with E-state index in [-0.39, 0.29) is 0 Å². The van der Waals surface area contributed by atoms with Crippen LogP contribution in [0.4, 0.5) is 0 Å². The highest BCUT2D eigenvalue weighted by Crippen LogP contribution is 2.22. The van der Waals surface area contributed by atoms with Gasteiger partial charge in [-0.1, -0.05) is 18.2 Å². The minimum absolute atomic E-state index is 0.716. The molecule has 0 aliphatic carbocycles. The lowest BCUT2D eigenvalue weighted by atomic mass is 10.4. The number of hydrogen-bond acceptors (Lipinski definition) is 3. The summed E-state index contributed by atoms with van der Waals surface area (Å²) < 4.78 is 0. The molecule has 0 spiro atoms. The van der Waals surface area contributed by atoms with Crippen LogP contribution in [0.5, 0.6) is 0 Å². The van der Waals surface area contributed by atoms with Crippen LogP contribution >= 0.6 is 11.8 Å². The number of carbonyl (C=O) groups excluding carboxylic acids is 2. The van der Waals surface area contributed by atoms with Crippen LogP contribution in [0.1, 0.15) is 0 Å². The van der Waals surface area contributed by atoms with Crippen molar-refractivity contribution in [3.8, 4) is 0 Å². The van der Waals surface area contributed by atoms with E-state index < -0.39 is 17.1 Å². The van der Waals surface area contributed by atoms with Crippen molar-refractivity contribution >= 4 is 23.6 Å². The van der Waals surface area contributed by atoms with E-state index in [1.54, 1.807) is 24.3 Å². The molecular weight excluding hydrogens is 200 g/mol. The van der Waals surface area contributed by atoms with E-state index in [9.17, 15) is 9.59 Å². The summed E-state index contributed by atoms with van der Waals surface area (Å²) in [5.74, 6) is -1.43. The maximum atomic E-state index is 10.8. The van der Waals surface area contributed by atoms with Crippen molar-refractivity contribution in [1.82, 2.24) is 0 Å². The second-order valence-corrected chi connectivity index (χ2v) is 3.79. The smallest absolute Gasteiger partial charge is 0.240 e. The predicted octanol–water partition coefficient (Wildman–Crippen LogP) is 0.118. The summed E-state index contributed by atoms with van der Waals surface area (Å²) in [6.45, 7) is 0. The van der Waals surface area contributed by atoms with Gasteiger partial charge in [-0.2, -0.15) is 0 Å². The van der Waals surface area contributed by atoms with Crippen molar-refractivity contribution in [2.75, 3.05) is 0 Å². The number of rotatable bonds is 4. The summed E-state index contributed by atoms with van der Waals surface area (Å²) in [5.41, 5.74) is 10.0. The highest BCUT2D eigenvalue weighted by atomic mass is 32.2. The first-order valence-corrected chi connectivity index (χ1v) is 4.79. The van der Waals surface area contributed by atoms with Crippen LogP contribution in [0, 0.1) is 0 Å². The fraction of sp³-hybridized carbons (Fsp3) is 0.111. The zero-order chi connectivity index (χ0) is 10.6. The average molecular weight is 210 g/mol. The van der Waals surface area contributed by atoms with Gasteiger partial charge in [-0.25, -0.2) is 0 Å². The normalized spacial score (nSPS) is 10.1. The molecule has 74 valence electrons. The van der Waals surface area contributed by atoms with E-state index in [1.807, 2.05) is 6.07 Å². The third-order valence-electron chi connectivity index (χ3n) is 1.51. The Bertz CT molecular complexity index is 326. The molecule has 0 bridgehead atoms. The van der Waals surface area contributed by atoms with E-state index in [1.165, 1.54) is 0 Å². The summed E-state index contributed by atoms with van der Waals surface area (Å²) in [7, 11) is 0. The van der Waals surface area contributed by atoms with Crippen molar-refractivity contribution in [1.29, 1.82) is 0 Å². The Balaban J connectivity index is 2.75. The lowest BCUT2D eigenvalue weighted by Gasteiger charge is -2.08. The molecule has 4 nitrogen and oxygen atoms in total. The summed E-state index contributed by atoms with van der Waals surface area (Å²) in [6.07, 6.45) is 0. The fourth-order valence-corrected chi connectivity index (χ4v) is 1.71. The van der Waals surface area contributed by atoms with Gasteiger partial charge in [-0.3, -0.25) is 9.59 Å². The van der Waals surface area contributed by atoms with Crippen LogP contribution in [0.15, 0.2) is 35.2 Å². The predicted molar refractivity (Wildman–Crippen MR) is 54.5 cm³/mol. The van der Waals surface area contributed by atoms with Crippen LogP contribution < -0.4 is 11.5 Å². The molecule has 1 aromatic rings. The number of hydrogen-bond donors (Lipinski definition) is 2. The van der Waals surface area contributed by atoms with Crippen LogP contribution in [-0.4, -0.2) is 17.1 Å². The molecule has 0 aliphatic rings. The Labute approximate surface area is 85.7 Å². The largest absolute Gasteiger partial charge is 0.368 e. The maximum Gasteiger partial charge on any atom is 0.240 e.